The zero-order valence-electron chi connectivity index (χ0n) is 12.1. The Labute approximate surface area is 118 Å². The van der Waals surface area contributed by atoms with Crippen molar-refractivity contribution in [3.8, 4) is 0 Å². The van der Waals surface area contributed by atoms with E-state index in [-0.39, 0.29) is 11.9 Å². The minimum atomic E-state index is 0.0337. The monoisotopic (exact) mass is 285 g/mol. The summed E-state index contributed by atoms with van der Waals surface area (Å²) in [7, 11) is 1.90. The second-order valence-electron chi connectivity index (χ2n) is 4.82. The molecule has 0 unspecified atom stereocenters. The van der Waals surface area contributed by atoms with Crippen molar-refractivity contribution in [1.82, 2.24) is 20.4 Å². The number of rotatable bonds is 8. The van der Waals surface area contributed by atoms with Gasteiger partial charge >= 0.3 is 0 Å². The number of hydrogen-bond acceptors (Lipinski definition) is 6. The summed E-state index contributed by atoms with van der Waals surface area (Å²) in [5, 5.41) is 16.0. The maximum absolute atomic E-state index is 11.6. The van der Waals surface area contributed by atoms with Gasteiger partial charge in [0.2, 0.25) is 11.0 Å². The normalized spacial score (nSPS) is 11.1. The largest absolute Gasteiger partial charge is 0.360 e. The van der Waals surface area contributed by atoms with Gasteiger partial charge in [0.25, 0.3) is 0 Å². The van der Waals surface area contributed by atoms with Crippen molar-refractivity contribution in [1.29, 1.82) is 0 Å². The van der Waals surface area contributed by atoms with E-state index < -0.39 is 0 Å². The van der Waals surface area contributed by atoms with Crippen molar-refractivity contribution >= 4 is 22.4 Å². The fourth-order valence-electron chi connectivity index (χ4n) is 1.52. The summed E-state index contributed by atoms with van der Waals surface area (Å²) in [6.07, 6.45) is 1.06. The van der Waals surface area contributed by atoms with Gasteiger partial charge in [-0.1, -0.05) is 18.3 Å². The summed E-state index contributed by atoms with van der Waals surface area (Å²) < 4.78 is 0. The lowest BCUT2D eigenvalue weighted by Crippen LogP contribution is -2.38. The average Bonchev–Trinajstić information content (AvgIpc) is 2.72. The Bertz CT molecular complexity index is 393. The summed E-state index contributed by atoms with van der Waals surface area (Å²) in [5.41, 5.74) is 0. The van der Waals surface area contributed by atoms with Crippen LogP contribution in [0.25, 0.3) is 0 Å². The minimum absolute atomic E-state index is 0.0337. The molecule has 0 fully saturated rings. The number of carbonyl (C=O) groups is 1. The molecule has 0 atom stereocenters. The number of carbonyl (C=O) groups excluding carboxylic acids is 1. The average molecular weight is 285 g/mol. The third-order valence-corrected chi connectivity index (χ3v) is 3.13. The van der Waals surface area contributed by atoms with Crippen molar-refractivity contribution in [3.05, 3.63) is 5.01 Å². The van der Waals surface area contributed by atoms with Gasteiger partial charge in [0, 0.05) is 12.6 Å². The number of anilines is 1. The lowest BCUT2D eigenvalue weighted by Gasteiger charge is -2.15. The molecule has 7 heteroatoms. The first kappa shape index (κ1) is 15.8. The number of aromatic nitrogens is 2. The molecule has 0 saturated carbocycles. The molecule has 1 aromatic heterocycles. The number of amides is 1. The van der Waals surface area contributed by atoms with Crippen molar-refractivity contribution in [2.24, 2.45) is 0 Å². The molecule has 19 heavy (non-hydrogen) atoms. The molecule has 0 aliphatic carbocycles. The van der Waals surface area contributed by atoms with E-state index in [0.29, 0.717) is 13.1 Å². The molecule has 0 radical (unpaired) electrons. The van der Waals surface area contributed by atoms with Crippen molar-refractivity contribution in [2.75, 3.05) is 25.5 Å². The fraction of sp³-hybridized carbons (Fsp3) is 0.750. The molecule has 1 rings (SSSR count). The maximum Gasteiger partial charge on any atom is 0.234 e. The summed E-state index contributed by atoms with van der Waals surface area (Å²) in [4.78, 5) is 13.5. The maximum atomic E-state index is 11.6. The van der Waals surface area contributed by atoms with Crippen LogP contribution < -0.4 is 10.6 Å². The van der Waals surface area contributed by atoms with Crippen LogP contribution in [0.3, 0.4) is 0 Å². The molecule has 0 aliphatic heterocycles. The highest BCUT2D eigenvalue weighted by molar-refractivity contribution is 7.15. The van der Waals surface area contributed by atoms with E-state index in [9.17, 15) is 4.79 Å². The standard InChI is InChI=1S/C12H23N5OS/c1-5-6-13-12-16-15-11(19-12)8-17(4)7-10(18)14-9(2)3/h9H,5-8H2,1-4H3,(H,13,16)(H,14,18). The van der Waals surface area contributed by atoms with Gasteiger partial charge in [-0.05, 0) is 27.3 Å². The number of nitrogens with zero attached hydrogens (tertiary/aromatic N) is 3. The van der Waals surface area contributed by atoms with Gasteiger partial charge in [-0.15, -0.1) is 10.2 Å². The van der Waals surface area contributed by atoms with E-state index in [1.165, 1.54) is 11.3 Å². The van der Waals surface area contributed by atoms with Crippen LogP contribution in [0.2, 0.25) is 0 Å². The first-order chi connectivity index (χ1) is 9.01. The van der Waals surface area contributed by atoms with Gasteiger partial charge < -0.3 is 10.6 Å². The van der Waals surface area contributed by atoms with Crippen LogP contribution in [0.5, 0.6) is 0 Å². The Morgan fingerprint density at radius 1 is 1.42 bits per heavy atom. The zero-order valence-corrected chi connectivity index (χ0v) is 12.9. The number of nitrogens with one attached hydrogen (secondary N) is 2. The Morgan fingerprint density at radius 2 is 2.16 bits per heavy atom. The zero-order chi connectivity index (χ0) is 14.3. The molecule has 1 heterocycles. The highest BCUT2D eigenvalue weighted by Gasteiger charge is 2.11. The van der Waals surface area contributed by atoms with E-state index in [4.69, 9.17) is 0 Å². The van der Waals surface area contributed by atoms with Gasteiger partial charge in [-0.2, -0.15) is 0 Å². The molecule has 0 spiro atoms. The van der Waals surface area contributed by atoms with Crippen LogP contribution >= 0.6 is 11.3 Å². The third-order valence-electron chi connectivity index (χ3n) is 2.26. The molecule has 2 N–H and O–H groups in total. The summed E-state index contributed by atoms with van der Waals surface area (Å²) in [6, 6.07) is 0.173. The molecule has 0 saturated heterocycles. The molecule has 108 valence electrons. The van der Waals surface area contributed by atoms with Crippen LogP contribution in [-0.2, 0) is 11.3 Å². The topological polar surface area (TPSA) is 70.2 Å². The SMILES string of the molecule is CCCNc1nnc(CN(C)CC(=O)NC(C)C)s1. The lowest BCUT2D eigenvalue weighted by molar-refractivity contribution is -0.122. The summed E-state index contributed by atoms with van der Waals surface area (Å²) >= 11 is 1.54. The van der Waals surface area contributed by atoms with Crippen molar-refractivity contribution in [3.63, 3.8) is 0 Å². The molecule has 1 aromatic rings. The van der Waals surface area contributed by atoms with Crippen LogP contribution in [0, 0.1) is 0 Å². The van der Waals surface area contributed by atoms with Gasteiger partial charge in [0.15, 0.2) is 0 Å². The van der Waals surface area contributed by atoms with Gasteiger partial charge in [0.05, 0.1) is 13.1 Å². The second kappa shape index (κ2) is 8.06. The number of hydrogen-bond donors (Lipinski definition) is 2. The van der Waals surface area contributed by atoms with Crippen LogP contribution in [0.1, 0.15) is 32.2 Å². The molecule has 0 aliphatic rings. The van der Waals surface area contributed by atoms with Gasteiger partial charge in [0.1, 0.15) is 5.01 Å². The lowest BCUT2D eigenvalue weighted by atomic mass is 10.4. The first-order valence-electron chi connectivity index (χ1n) is 6.55. The molecular formula is C12H23N5OS. The predicted octanol–water partition coefficient (Wildman–Crippen LogP) is 1.32. The highest BCUT2D eigenvalue weighted by atomic mass is 32.1. The van der Waals surface area contributed by atoms with E-state index in [2.05, 4.69) is 27.8 Å². The highest BCUT2D eigenvalue weighted by Crippen LogP contribution is 2.16. The third kappa shape index (κ3) is 6.49. The fourth-order valence-corrected chi connectivity index (χ4v) is 2.37. The first-order valence-corrected chi connectivity index (χ1v) is 7.37. The molecular weight excluding hydrogens is 262 g/mol. The Morgan fingerprint density at radius 3 is 2.79 bits per heavy atom. The predicted molar refractivity (Wildman–Crippen MR) is 78.3 cm³/mol. The van der Waals surface area contributed by atoms with E-state index in [1.807, 2.05) is 25.8 Å². The van der Waals surface area contributed by atoms with Crippen LogP contribution in [0.4, 0.5) is 5.13 Å². The van der Waals surface area contributed by atoms with E-state index in [0.717, 1.165) is 23.1 Å². The van der Waals surface area contributed by atoms with Gasteiger partial charge in [-0.3, -0.25) is 9.69 Å². The molecule has 6 nitrogen and oxygen atoms in total. The Kier molecular flexibility index (Phi) is 6.72. The molecule has 0 bridgehead atoms. The van der Waals surface area contributed by atoms with Gasteiger partial charge in [-0.25, -0.2) is 0 Å². The molecule has 1 amide bonds. The molecule has 0 aromatic carbocycles. The van der Waals surface area contributed by atoms with E-state index in [1.54, 1.807) is 0 Å². The minimum Gasteiger partial charge on any atom is -0.360 e. The van der Waals surface area contributed by atoms with Crippen LogP contribution in [-0.4, -0.2) is 47.2 Å². The van der Waals surface area contributed by atoms with Crippen molar-refractivity contribution < 1.29 is 4.79 Å². The quantitative estimate of drug-likeness (QED) is 0.754. The Hall–Kier alpha value is -1.21. The van der Waals surface area contributed by atoms with E-state index >= 15 is 0 Å². The smallest absolute Gasteiger partial charge is 0.234 e. The Balaban J connectivity index is 2.37. The van der Waals surface area contributed by atoms with Crippen LogP contribution in [0.15, 0.2) is 0 Å². The number of likely N-dealkylation sites (N-methyl/N-ethyl adjacent to an activating group) is 1. The summed E-state index contributed by atoms with van der Waals surface area (Å²) in [5.74, 6) is 0.0337. The summed E-state index contributed by atoms with van der Waals surface area (Å²) in [6.45, 7) is 7.92. The second-order valence-corrected chi connectivity index (χ2v) is 5.88. The van der Waals surface area contributed by atoms with Crippen molar-refractivity contribution in [2.45, 2.75) is 39.8 Å².